The number of unbranched alkanes of at least 4 members (excludes halogenated alkanes) is 1. The molecule has 0 unspecified atom stereocenters. The number of aromatic nitrogens is 2. The number of thiophene rings is 1. The van der Waals surface area contributed by atoms with Crippen LogP contribution in [0.3, 0.4) is 0 Å². The Morgan fingerprint density at radius 2 is 2.26 bits per heavy atom. The molecule has 1 amide bonds. The molecule has 0 spiro atoms. The number of nitrogens with zero attached hydrogens (tertiary/aromatic N) is 2. The average Bonchev–Trinajstić information content (AvgIpc) is 2.93. The molecule has 0 aliphatic carbocycles. The van der Waals surface area contributed by atoms with Gasteiger partial charge in [-0.25, -0.2) is 0 Å². The zero-order valence-corrected chi connectivity index (χ0v) is 12.4. The second-order valence-corrected chi connectivity index (χ2v) is 6.09. The van der Waals surface area contributed by atoms with Crippen LogP contribution in [0.5, 0.6) is 0 Å². The molecule has 0 atom stereocenters. The van der Waals surface area contributed by atoms with Crippen LogP contribution < -0.4 is 5.32 Å². The van der Waals surface area contributed by atoms with Crippen LogP contribution >= 0.6 is 34.5 Å². The van der Waals surface area contributed by atoms with Crippen LogP contribution in [0.15, 0.2) is 10.5 Å². The van der Waals surface area contributed by atoms with Gasteiger partial charge in [0.15, 0.2) is 0 Å². The predicted molar refractivity (Wildman–Crippen MR) is 75.8 cm³/mol. The summed E-state index contributed by atoms with van der Waals surface area (Å²) < 4.78 is 6.33. The van der Waals surface area contributed by atoms with Crippen LogP contribution in [0.2, 0.25) is 8.67 Å². The third kappa shape index (κ3) is 3.68. The largest absolute Gasteiger partial charge is 0.403 e. The second-order valence-electron chi connectivity index (χ2n) is 3.80. The van der Waals surface area contributed by atoms with Gasteiger partial charge in [0.2, 0.25) is 5.91 Å². The number of carbonyl (C=O) groups excluding carboxylic acids is 1. The van der Waals surface area contributed by atoms with Crippen molar-refractivity contribution in [1.29, 1.82) is 0 Å². The first-order valence-corrected chi connectivity index (χ1v) is 7.26. The summed E-state index contributed by atoms with van der Waals surface area (Å²) in [6, 6.07) is 1.71. The second kappa shape index (κ2) is 6.36. The number of hydrogen-bond donors (Lipinski definition) is 1. The summed E-state index contributed by atoms with van der Waals surface area (Å²) in [6.45, 7) is 2.01. The van der Waals surface area contributed by atoms with Gasteiger partial charge in [-0.05, 0) is 12.5 Å². The van der Waals surface area contributed by atoms with Gasteiger partial charge in [-0.2, -0.15) is 0 Å². The Morgan fingerprint density at radius 1 is 1.47 bits per heavy atom. The highest BCUT2D eigenvalue weighted by Gasteiger charge is 2.16. The zero-order valence-electron chi connectivity index (χ0n) is 10.1. The van der Waals surface area contributed by atoms with Gasteiger partial charge in [-0.15, -0.1) is 16.4 Å². The smallest absolute Gasteiger partial charge is 0.322 e. The minimum absolute atomic E-state index is 0.0643. The van der Waals surface area contributed by atoms with E-state index in [0.717, 1.165) is 12.8 Å². The summed E-state index contributed by atoms with van der Waals surface area (Å²) in [5.74, 6) is 0.0884. The van der Waals surface area contributed by atoms with E-state index in [-0.39, 0.29) is 17.8 Å². The molecule has 5 nitrogen and oxygen atoms in total. The lowest BCUT2D eigenvalue weighted by atomic mass is 10.2. The molecule has 0 bridgehead atoms. The van der Waals surface area contributed by atoms with Crippen molar-refractivity contribution in [3.8, 4) is 11.5 Å². The van der Waals surface area contributed by atoms with E-state index in [1.165, 1.54) is 11.3 Å². The standard InChI is InChI=1S/C11H11Cl2N3O2S/c1-2-3-4-8(17)14-11-16-15-10(18-11)6-5-7(12)19-9(6)13/h5H,2-4H2,1H3,(H,14,16,17). The Morgan fingerprint density at radius 3 is 2.89 bits per heavy atom. The van der Waals surface area contributed by atoms with E-state index in [1.807, 2.05) is 6.92 Å². The molecule has 102 valence electrons. The highest BCUT2D eigenvalue weighted by molar-refractivity contribution is 7.20. The maximum absolute atomic E-state index is 11.5. The molecule has 0 saturated carbocycles. The summed E-state index contributed by atoms with van der Waals surface area (Å²) in [5, 5.41) is 10.1. The van der Waals surface area contributed by atoms with Crippen molar-refractivity contribution < 1.29 is 9.21 Å². The molecule has 0 aliphatic heterocycles. The van der Waals surface area contributed by atoms with Gasteiger partial charge >= 0.3 is 6.01 Å². The first-order chi connectivity index (χ1) is 9.10. The van der Waals surface area contributed by atoms with Gasteiger partial charge in [0.25, 0.3) is 5.89 Å². The fourth-order valence-electron chi connectivity index (χ4n) is 1.39. The zero-order chi connectivity index (χ0) is 13.8. The molecule has 1 N–H and O–H groups in total. The third-order valence-corrected chi connectivity index (χ3v) is 3.80. The van der Waals surface area contributed by atoms with Crippen LogP contribution in [0.4, 0.5) is 6.01 Å². The Hall–Kier alpha value is -1.11. The van der Waals surface area contributed by atoms with Crippen molar-refractivity contribution >= 4 is 46.5 Å². The minimum atomic E-state index is -0.147. The molecule has 2 heterocycles. The van der Waals surface area contributed by atoms with E-state index in [1.54, 1.807) is 6.07 Å². The van der Waals surface area contributed by atoms with Crippen molar-refractivity contribution in [3.05, 3.63) is 14.7 Å². The number of nitrogens with one attached hydrogen (secondary N) is 1. The number of halogens is 2. The summed E-state index contributed by atoms with van der Waals surface area (Å²) in [7, 11) is 0. The lowest BCUT2D eigenvalue weighted by molar-refractivity contribution is -0.116. The van der Waals surface area contributed by atoms with E-state index in [9.17, 15) is 4.79 Å². The molecule has 0 aliphatic rings. The fourth-order valence-corrected chi connectivity index (χ4v) is 2.84. The summed E-state index contributed by atoms with van der Waals surface area (Å²) in [5.41, 5.74) is 0.568. The summed E-state index contributed by atoms with van der Waals surface area (Å²) in [4.78, 5) is 11.5. The molecule has 0 fully saturated rings. The molecular formula is C11H11Cl2N3O2S. The normalized spacial score (nSPS) is 10.7. The molecule has 0 radical (unpaired) electrons. The van der Waals surface area contributed by atoms with Crippen molar-refractivity contribution in [1.82, 2.24) is 10.2 Å². The average molecular weight is 320 g/mol. The Labute approximate surface area is 123 Å². The molecule has 8 heteroatoms. The fraction of sp³-hybridized carbons (Fsp3) is 0.364. The van der Waals surface area contributed by atoms with Crippen LogP contribution in [0.25, 0.3) is 11.5 Å². The Kier molecular flexibility index (Phi) is 4.79. The minimum Gasteiger partial charge on any atom is -0.403 e. The number of rotatable bonds is 5. The molecule has 0 aromatic carbocycles. The lowest BCUT2D eigenvalue weighted by Gasteiger charge is -1.97. The van der Waals surface area contributed by atoms with Gasteiger partial charge in [0.05, 0.1) is 9.90 Å². The van der Waals surface area contributed by atoms with Gasteiger partial charge in [-0.1, -0.05) is 41.6 Å². The summed E-state index contributed by atoms with van der Waals surface area (Å²) in [6.07, 6.45) is 2.20. The van der Waals surface area contributed by atoms with Crippen LogP contribution in [0, 0.1) is 0 Å². The van der Waals surface area contributed by atoms with Gasteiger partial charge < -0.3 is 4.42 Å². The van der Waals surface area contributed by atoms with Crippen LogP contribution in [-0.2, 0) is 4.79 Å². The van der Waals surface area contributed by atoms with Crippen LogP contribution in [-0.4, -0.2) is 16.1 Å². The third-order valence-electron chi connectivity index (χ3n) is 2.32. The highest BCUT2D eigenvalue weighted by atomic mass is 35.5. The Bertz CT molecular complexity index is 582. The van der Waals surface area contributed by atoms with E-state index >= 15 is 0 Å². The maximum Gasteiger partial charge on any atom is 0.322 e. The monoisotopic (exact) mass is 319 g/mol. The first-order valence-electron chi connectivity index (χ1n) is 5.68. The quantitative estimate of drug-likeness (QED) is 0.895. The van der Waals surface area contributed by atoms with Gasteiger partial charge in [0, 0.05) is 6.42 Å². The molecule has 19 heavy (non-hydrogen) atoms. The van der Waals surface area contributed by atoms with E-state index in [2.05, 4.69) is 15.5 Å². The van der Waals surface area contributed by atoms with Gasteiger partial charge in [-0.3, -0.25) is 10.1 Å². The topological polar surface area (TPSA) is 68.0 Å². The molecular weight excluding hydrogens is 309 g/mol. The molecule has 2 aromatic rings. The summed E-state index contributed by atoms with van der Waals surface area (Å²) >= 11 is 13.0. The highest BCUT2D eigenvalue weighted by Crippen LogP contribution is 2.37. The van der Waals surface area contributed by atoms with E-state index in [4.69, 9.17) is 27.6 Å². The van der Waals surface area contributed by atoms with Crippen molar-refractivity contribution in [2.75, 3.05) is 5.32 Å². The van der Waals surface area contributed by atoms with Crippen molar-refractivity contribution in [3.63, 3.8) is 0 Å². The lowest BCUT2D eigenvalue weighted by Crippen LogP contribution is -2.11. The van der Waals surface area contributed by atoms with Crippen molar-refractivity contribution in [2.24, 2.45) is 0 Å². The number of carbonyl (C=O) groups is 1. The van der Waals surface area contributed by atoms with Crippen LogP contribution in [0.1, 0.15) is 26.2 Å². The van der Waals surface area contributed by atoms with E-state index < -0.39 is 0 Å². The number of amides is 1. The number of anilines is 1. The molecule has 0 saturated heterocycles. The first kappa shape index (κ1) is 14.3. The SMILES string of the molecule is CCCCC(=O)Nc1nnc(-c2cc(Cl)sc2Cl)o1. The predicted octanol–water partition coefficient (Wildman–Crippen LogP) is 4.23. The molecule has 2 rings (SSSR count). The van der Waals surface area contributed by atoms with E-state index in [0.29, 0.717) is 20.7 Å². The van der Waals surface area contributed by atoms with Gasteiger partial charge in [0.1, 0.15) is 4.34 Å². The molecule has 2 aromatic heterocycles. The maximum atomic E-state index is 11.5. The number of hydrogen-bond acceptors (Lipinski definition) is 5. The van der Waals surface area contributed by atoms with Crippen molar-refractivity contribution in [2.45, 2.75) is 26.2 Å². The Balaban J connectivity index is 2.07.